The van der Waals surface area contributed by atoms with E-state index in [1.54, 1.807) is 16.7 Å². The van der Waals surface area contributed by atoms with Crippen molar-refractivity contribution in [1.82, 2.24) is 14.4 Å². The van der Waals surface area contributed by atoms with Crippen molar-refractivity contribution in [3.05, 3.63) is 47.1 Å². The average Bonchev–Trinajstić information content (AvgIpc) is 3.09. The fourth-order valence-electron chi connectivity index (χ4n) is 4.07. The minimum absolute atomic E-state index is 0.210. The predicted molar refractivity (Wildman–Crippen MR) is 108 cm³/mol. The average molecular weight is 406 g/mol. The van der Waals surface area contributed by atoms with Gasteiger partial charge >= 0.3 is 6.09 Å². The zero-order valence-electron chi connectivity index (χ0n) is 15.6. The molecule has 2 aliphatic rings. The molecule has 27 heavy (non-hydrogen) atoms. The first-order chi connectivity index (χ1) is 13.1. The fraction of sp³-hybridized carbons (Fsp3) is 0.450. The molecule has 0 spiro atoms. The van der Waals surface area contributed by atoms with E-state index in [0.29, 0.717) is 19.7 Å². The van der Waals surface area contributed by atoms with Gasteiger partial charge in [-0.1, -0.05) is 23.4 Å². The highest BCUT2D eigenvalue weighted by atomic mass is 35.5. The van der Waals surface area contributed by atoms with E-state index in [-0.39, 0.29) is 18.2 Å². The number of hydrogen-bond donors (Lipinski definition) is 0. The molecule has 1 fully saturated rings. The van der Waals surface area contributed by atoms with Crippen LogP contribution in [0.1, 0.15) is 31.5 Å². The molecule has 2 aromatic rings. The molecule has 1 saturated heterocycles. The van der Waals surface area contributed by atoms with Crippen LogP contribution in [0.4, 0.5) is 4.79 Å². The molecule has 5 nitrogen and oxygen atoms in total. The molecule has 0 bridgehead atoms. The summed E-state index contributed by atoms with van der Waals surface area (Å²) < 4.78 is 7.50. The van der Waals surface area contributed by atoms with Crippen LogP contribution < -0.4 is 0 Å². The predicted octanol–water partition coefficient (Wildman–Crippen LogP) is 4.68. The van der Waals surface area contributed by atoms with Gasteiger partial charge in [-0.2, -0.15) is 0 Å². The van der Waals surface area contributed by atoms with Gasteiger partial charge in [0, 0.05) is 42.3 Å². The van der Waals surface area contributed by atoms with Gasteiger partial charge in [0.2, 0.25) is 0 Å². The van der Waals surface area contributed by atoms with Gasteiger partial charge in [0.05, 0.1) is 23.7 Å². The third-order valence-electron chi connectivity index (χ3n) is 5.37. The molecule has 0 radical (unpaired) electrons. The molecule has 7 heteroatoms. The highest BCUT2D eigenvalue weighted by Crippen LogP contribution is 2.46. The quantitative estimate of drug-likeness (QED) is 0.726. The summed E-state index contributed by atoms with van der Waals surface area (Å²) in [6.07, 6.45) is 1.94. The lowest BCUT2D eigenvalue weighted by atomic mass is 9.97. The minimum atomic E-state index is -0.210. The van der Waals surface area contributed by atoms with E-state index in [1.165, 1.54) is 15.5 Å². The molecule has 144 valence electrons. The van der Waals surface area contributed by atoms with E-state index in [9.17, 15) is 4.79 Å². The van der Waals surface area contributed by atoms with Crippen LogP contribution in [-0.4, -0.2) is 53.2 Å². The Labute approximate surface area is 169 Å². The van der Waals surface area contributed by atoms with E-state index >= 15 is 0 Å². The van der Waals surface area contributed by atoms with E-state index in [1.807, 2.05) is 13.0 Å². The molecule has 0 N–H and O–H groups in total. The maximum atomic E-state index is 12.0. The smallest absolute Gasteiger partial charge is 0.409 e. The summed E-state index contributed by atoms with van der Waals surface area (Å²) in [5.74, 6) is 0. The molecular weight excluding hydrogens is 382 g/mol. The van der Waals surface area contributed by atoms with Crippen molar-refractivity contribution in [3.63, 3.8) is 0 Å². The number of rotatable bonds is 2. The number of ether oxygens (including phenoxy) is 1. The Morgan fingerprint density at radius 3 is 2.78 bits per heavy atom. The summed E-state index contributed by atoms with van der Waals surface area (Å²) in [5.41, 5.74) is 1.27. The Hall–Kier alpha value is -1.63. The summed E-state index contributed by atoms with van der Waals surface area (Å²) in [7, 11) is 0. The summed E-state index contributed by atoms with van der Waals surface area (Å²) in [6, 6.07) is 11.0. The first-order valence-corrected chi connectivity index (χ1v) is 10.6. The standard InChI is InChI=1S/C20H24ClN3O2S/c1-3-26-20(25)23-11-9-22(10-12-23)19-14(2)24-8-4-5-18(24)27-17-7-6-15(21)13-16(17)19/h4-8,13-14,19H,3,9-12H2,1-2H3. The van der Waals surface area contributed by atoms with Crippen LogP contribution in [0.15, 0.2) is 46.5 Å². The van der Waals surface area contributed by atoms with Crippen LogP contribution in [0.25, 0.3) is 0 Å². The monoisotopic (exact) mass is 405 g/mol. The Kier molecular flexibility index (Phi) is 5.39. The van der Waals surface area contributed by atoms with Gasteiger partial charge in [-0.15, -0.1) is 0 Å². The summed E-state index contributed by atoms with van der Waals surface area (Å²) in [5, 5.41) is 2.02. The lowest BCUT2D eigenvalue weighted by Crippen LogP contribution is -2.50. The second-order valence-electron chi connectivity index (χ2n) is 6.95. The van der Waals surface area contributed by atoms with Gasteiger partial charge in [-0.25, -0.2) is 4.79 Å². The topological polar surface area (TPSA) is 37.7 Å². The van der Waals surface area contributed by atoms with Gasteiger partial charge in [0.25, 0.3) is 0 Å². The number of piperazine rings is 1. The van der Waals surface area contributed by atoms with Gasteiger partial charge in [0.1, 0.15) is 0 Å². The highest BCUT2D eigenvalue weighted by Gasteiger charge is 2.35. The molecule has 2 atom stereocenters. The summed E-state index contributed by atoms with van der Waals surface area (Å²) in [4.78, 5) is 17.6. The largest absolute Gasteiger partial charge is 0.450 e. The van der Waals surface area contributed by atoms with Crippen molar-refractivity contribution in [3.8, 4) is 0 Å². The minimum Gasteiger partial charge on any atom is -0.450 e. The number of halogens is 1. The Morgan fingerprint density at radius 1 is 1.26 bits per heavy atom. The number of amides is 1. The number of aromatic nitrogens is 1. The van der Waals surface area contributed by atoms with Crippen molar-refractivity contribution >= 4 is 29.5 Å². The van der Waals surface area contributed by atoms with Crippen LogP contribution in [0.2, 0.25) is 5.02 Å². The Balaban J connectivity index is 1.63. The molecule has 1 aromatic carbocycles. The molecule has 1 amide bonds. The van der Waals surface area contributed by atoms with Crippen LogP contribution in [0, 0.1) is 0 Å². The van der Waals surface area contributed by atoms with Crippen LogP contribution in [0.3, 0.4) is 0 Å². The number of carbonyl (C=O) groups is 1. The number of hydrogen-bond acceptors (Lipinski definition) is 4. The number of carbonyl (C=O) groups excluding carboxylic acids is 1. The fourth-order valence-corrected chi connectivity index (χ4v) is 5.39. The van der Waals surface area contributed by atoms with Gasteiger partial charge in [-0.3, -0.25) is 4.90 Å². The van der Waals surface area contributed by atoms with Gasteiger partial charge in [0.15, 0.2) is 0 Å². The zero-order chi connectivity index (χ0) is 19.0. The Bertz CT molecular complexity index is 832. The van der Waals surface area contributed by atoms with E-state index in [4.69, 9.17) is 16.3 Å². The molecule has 0 saturated carbocycles. The van der Waals surface area contributed by atoms with E-state index < -0.39 is 0 Å². The molecule has 4 rings (SSSR count). The SMILES string of the molecule is CCOC(=O)N1CCN(C2c3cc(Cl)ccc3Sc3cccn3C2C)CC1. The van der Waals surface area contributed by atoms with Crippen molar-refractivity contribution in [2.75, 3.05) is 32.8 Å². The van der Waals surface area contributed by atoms with Gasteiger partial charge in [-0.05, 0) is 49.7 Å². The number of nitrogens with zero attached hydrogens (tertiary/aromatic N) is 3. The lowest BCUT2D eigenvalue weighted by molar-refractivity contribution is 0.0544. The van der Waals surface area contributed by atoms with Gasteiger partial charge < -0.3 is 14.2 Å². The molecule has 3 heterocycles. The maximum Gasteiger partial charge on any atom is 0.409 e. The first-order valence-electron chi connectivity index (χ1n) is 9.38. The van der Waals surface area contributed by atoms with Crippen molar-refractivity contribution in [1.29, 1.82) is 0 Å². The molecule has 0 aliphatic carbocycles. The Morgan fingerprint density at radius 2 is 2.04 bits per heavy atom. The van der Waals surface area contributed by atoms with E-state index in [0.717, 1.165) is 18.1 Å². The third kappa shape index (κ3) is 3.58. The van der Waals surface area contributed by atoms with Crippen LogP contribution in [0.5, 0.6) is 0 Å². The molecule has 2 aliphatic heterocycles. The van der Waals surface area contributed by atoms with Crippen LogP contribution in [-0.2, 0) is 4.74 Å². The van der Waals surface area contributed by atoms with Crippen molar-refractivity contribution < 1.29 is 9.53 Å². The lowest BCUT2D eigenvalue weighted by Gasteiger charge is -2.41. The van der Waals surface area contributed by atoms with Crippen molar-refractivity contribution in [2.45, 2.75) is 35.9 Å². The molecule has 1 aromatic heterocycles. The third-order valence-corrected chi connectivity index (χ3v) is 6.76. The van der Waals surface area contributed by atoms with Crippen molar-refractivity contribution in [2.24, 2.45) is 0 Å². The van der Waals surface area contributed by atoms with E-state index in [2.05, 4.69) is 46.9 Å². The highest BCUT2D eigenvalue weighted by molar-refractivity contribution is 7.99. The number of benzene rings is 1. The van der Waals surface area contributed by atoms with Crippen LogP contribution >= 0.6 is 23.4 Å². The number of fused-ring (bicyclic) bond motifs is 2. The zero-order valence-corrected chi connectivity index (χ0v) is 17.2. The summed E-state index contributed by atoms with van der Waals surface area (Å²) in [6.45, 7) is 7.53. The first kappa shape index (κ1) is 18.7. The second-order valence-corrected chi connectivity index (χ2v) is 8.44. The summed E-state index contributed by atoms with van der Waals surface area (Å²) >= 11 is 8.16. The maximum absolute atomic E-state index is 12.0. The molecule has 2 unspecified atom stereocenters. The normalized spacial score (nSPS) is 22.7. The molecular formula is C20H24ClN3O2S. The second kappa shape index (κ2) is 7.78.